The molecule has 3 N–H and O–H groups in total. The minimum Gasteiger partial charge on any atom is -0.497 e. The lowest BCUT2D eigenvalue weighted by Gasteiger charge is -2.20. The molecule has 148 valence electrons. The lowest BCUT2D eigenvalue weighted by Crippen LogP contribution is -2.34. The van der Waals surface area contributed by atoms with Crippen LogP contribution in [-0.4, -0.2) is 32.5 Å². The predicted molar refractivity (Wildman–Crippen MR) is 110 cm³/mol. The highest BCUT2D eigenvalue weighted by Crippen LogP contribution is 2.41. The number of carbonyl (C=O) groups is 2. The summed E-state index contributed by atoms with van der Waals surface area (Å²) >= 11 is 0. The minimum atomic E-state index is -0.140. The summed E-state index contributed by atoms with van der Waals surface area (Å²) in [5.74, 6) is 1.07. The number of anilines is 1. The van der Waals surface area contributed by atoms with Crippen LogP contribution in [0.15, 0.2) is 42.5 Å². The van der Waals surface area contributed by atoms with E-state index in [4.69, 9.17) is 4.74 Å². The van der Waals surface area contributed by atoms with Crippen molar-refractivity contribution in [3.8, 4) is 5.75 Å². The lowest BCUT2D eigenvalue weighted by molar-refractivity contribution is -0.120. The lowest BCUT2D eigenvalue weighted by atomic mass is 10.0. The molecular formula is C22H27N3O3. The molecule has 0 bridgehead atoms. The van der Waals surface area contributed by atoms with Crippen molar-refractivity contribution in [1.29, 1.82) is 0 Å². The second-order valence-corrected chi connectivity index (χ2v) is 7.07. The van der Waals surface area contributed by atoms with Crippen molar-refractivity contribution in [3.63, 3.8) is 0 Å². The minimum absolute atomic E-state index is 0.0125. The van der Waals surface area contributed by atoms with E-state index in [0.717, 1.165) is 35.4 Å². The Morgan fingerprint density at radius 2 is 1.86 bits per heavy atom. The fourth-order valence-electron chi connectivity index (χ4n) is 3.32. The number of benzene rings is 2. The highest BCUT2D eigenvalue weighted by atomic mass is 16.5. The summed E-state index contributed by atoms with van der Waals surface area (Å²) in [7, 11) is 3.24. The van der Waals surface area contributed by atoms with Crippen LogP contribution in [0.1, 0.15) is 40.4 Å². The Morgan fingerprint density at radius 3 is 2.46 bits per heavy atom. The van der Waals surface area contributed by atoms with Crippen molar-refractivity contribution < 1.29 is 14.3 Å². The maximum Gasteiger partial charge on any atom is 0.251 e. The number of methoxy groups -OCH3 is 1. The van der Waals surface area contributed by atoms with Gasteiger partial charge < -0.3 is 20.7 Å². The van der Waals surface area contributed by atoms with E-state index in [0.29, 0.717) is 11.5 Å². The van der Waals surface area contributed by atoms with Crippen molar-refractivity contribution in [1.82, 2.24) is 10.6 Å². The van der Waals surface area contributed by atoms with Gasteiger partial charge in [0.2, 0.25) is 5.91 Å². The Morgan fingerprint density at radius 1 is 1.14 bits per heavy atom. The van der Waals surface area contributed by atoms with Crippen LogP contribution >= 0.6 is 0 Å². The van der Waals surface area contributed by atoms with Gasteiger partial charge in [-0.1, -0.05) is 18.2 Å². The SMILES string of the molecule is CNC(=O)c1cccc(NCC(=O)NC(c2ccc(OC)cc2)C2CC2)c1C. The van der Waals surface area contributed by atoms with Crippen LogP contribution in [0.4, 0.5) is 5.69 Å². The van der Waals surface area contributed by atoms with E-state index < -0.39 is 0 Å². The maximum absolute atomic E-state index is 12.6. The summed E-state index contributed by atoms with van der Waals surface area (Å²) in [5, 5.41) is 8.93. The molecule has 1 atom stereocenters. The maximum atomic E-state index is 12.6. The van der Waals surface area contributed by atoms with Crippen LogP contribution in [-0.2, 0) is 4.79 Å². The molecule has 6 nitrogen and oxygen atoms in total. The first-order valence-corrected chi connectivity index (χ1v) is 9.52. The number of ether oxygens (including phenoxy) is 1. The topological polar surface area (TPSA) is 79.5 Å². The van der Waals surface area contributed by atoms with Gasteiger partial charge in [0.1, 0.15) is 5.75 Å². The van der Waals surface area contributed by atoms with Gasteiger partial charge in [-0.05, 0) is 61.1 Å². The van der Waals surface area contributed by atoms with Crippen LogP contribution in [0.2, 0.25) is 0 Å². The van der Waals surface area contributed by atoms with Crippen molar-refractivity contribution in [2.45, 2.75) is 25.8 Å². The standard InChI is InChI=1S/C22H27N3O3/c1-14-18(22(27)23-2)5-4-6-19(14)24-13-20(26)25-21(15-7-8-15)16-9-11-17(28-3)12-10-16/h4-6,9-12,15,21,24H,7-8,13H2,1-3H3,(H,23,27)(H,25,26). The fraction of sp³-hybridized carbons (Fsp3) is 0.364. The molecule has 0 saturated heterocycles. The first-order valence-electron chi connectivity index (χ1n) is 9.52. The van der Waals surface area contributed by atoms with Crippen molar-refractivity contribution >= 4 is 17.5 Å². The number of rotatable bonds is 8. The summed E-state index contributed by atoms with van der Waals surface area (Å²) in [6.45, 7) is 2.02. The second-order valence-electron chi connectivity index (χ2n) is 7.07. The largest absolute Gasteiger partial charge is 0.497 e. The van der Waals surface area contributed by atoms with E-state index in [2.05, 4.69) is 16.0 Å². The second kappa shape index (κ2) is 8.78. The molecule has 0 radical (unpaired) electrons. The highest BCUT2D eigenvalue weighted by molar-refractivity contribution is 5.97. The molecule has 0 spiro atoms. The first kappa shape index (κ1) is 19.7. The summed E-state index contributed by atoms with van der Waals surface area (Å²) in [4.78, 5) is 24.5. The molecule has 2 aromatic carbocycles. The van der Waals surface area contributed by atoms with E-state index in [1.807, 2.05) is 43.3 Å². The Hall–Kier alpha value is -3.02. The van der Waals surface area contributed by atoms with E-state index in [-0.39, 0.29) is 24.4 Å². The monoisotopic (exact) mass is 381 g/mol. The third kappa shape index (κ3) is 4.63. The van der Waals surface area contributed by atoms with Crippen LogP contribution in [0, 0.1) is 12.8 Å². The van der Waals surface area contributed by atoms with Gasteiger partial charge in [-0.15, -0.1) is 0 Å². The average Bonchev–Trinajstić information content (AvgIpc) is 3.56. The molecular weight excluding hydrogens is 354 g/mol. The molecule has 1 saturated carbocycles. The van der Waals surface area contributed by atoms with Crippen molar-refractivity contribution in [3.05, 3.63) is 59.2 Å². The Balaban J connectivity index is 1.63. The Kier molecular flexibility index (Phi) is 6.19. The van der Waals surface area contributed by atoms with Gasteiger partial charge in [-0.2, -0.15) is 0 Å². The molecule has 1 fully saturated rings. The van der Waals surface area contributed by atoms with Gasteiger partial charge in [0, 0.05) is 18.3 Å². The normalized spacial score (nSPS) is 14.1. The van der Waals surface area contributed by atoms with Crippen LogP contribution < -0.4 is 20.7 Å². The Bertz CT molecular complexity index is 845. The van der Waals surface area contributed by atoms with E-state index in [1.54, 1.807) is 20.2 Å². The quantitative estimate of drug-likeness (QED) is 0.657. The third-order valence-electron chi connectivity index (χ3n) is 5.13. The molecule has 0 heterocycles. The van der Waals surface area contributed by atoms with Gasteiger partial charge in [-0.3, -0.25) is 9.59 Å². The molecule has 1 unspecified atom stereocenters. The summed E-state index contributed by atoms with van der Waals surface area (Å²) < 4.78 is 5.21. The van der Waals surface area contributed by atoms with E-state index in [1.165, 1.54) is 0 Å². The number of hydrogen-bond acceptors (Lipinski definition) is 4. The van der Waals surface area contributed by atoms with Crippen LogP contribution in [0.5, 0.6) is 5.75 Å². The summed E-state index contributed by atoms with van der Waals surface area (Å²) in [6, 6.07) is 13.3. The van der Waals surface area contributed by atoms with Gasteiger partial charge in [-0.25, -0.2) is 0 Å². The molecule has 0 aromatic heterocycles. The summed E-state index contributed by atoms with van der Waals surface area (Å²) in [5.41, 5.74) is 3.30. The van der Waals surface area contributed by atoms with Crippen LogP contribution in [0.25, 0.3) is 0 Å². The molecule has 28 heavy (non-hydrogen) atoms. The molecule has 6 heteroatoms. The zero-order chi connectivity index (χ0) is 20.1. The van der Waals surface area contributed by atoms with Gasteiger partial charge >= 0.3 is 0 Å². The zero-order valence-electron chi connectivity index (χ0n) is 16.5. The Labute approximate surface area is 165 Å². The molecule has 2 aromatic rings. The molecule has 1 aliphatic carbocycles. The van der Waals surface area contributed by atoms with E-state index >= 15 is 0 Å². The predicted octanol–water partition coefficient (Wildman–Crippen LogP) is 3.04. The van der Waals surface area contributed by atoms with Gasteiger partial charge in [0.15, 0.2) is 0 Å². The van der Waals surface area contributed by atoms with Crippen molar-refractivity contribution in [2.24, 2.45) is 5.92 Å². The fourth-order valence-corrected chi connectivity index (χ4v) is 3.32. The molecule has 3 rings (SSSR count). The van der Waals surface area contributed by atoms with Crippen molar-refractivity contribution in [2.75, 3.05) is 26.0 Å². The average molecular weight is 381 g/mol. The molecule has 0 aliphatic heterocycles. The molecule has 2 amide bonds. The van der Waals surface area contributed by atoms with E-state index in [9.17, 15) is 9.59 Å². The highest BCUT2D eigenvalue weighted by Gasteiger charge is 2.33. The zero-order valence-corrected chi connectivity index (χ0v) is 16.5. The number of carbonyl (C=O) groups excluding carboxylic acids is 2. The number of amides is 2. The number of hydrogen-bond donors (Lipinski definition) is 3. The smallest absolute Gasteiger partial charge is 0.251 e. The van der Waals surface area contributed by atoms with Gasteiger partial charge in [0.05, 0.1) is 19.7 Å². The molecule has 1 aliphatic rings. The number of nitrogens with one attached hydrogen (secondary N) is 3. The van der Waals surface area contributed by atoms with Crippen LogP contribution in [0.3, 0.4) is 0 Å². The third-order valence-corrected chi connectivity index (χ3v) is 5.13. The van der Waals surface area contributed by atoms with Gasteiger partial charge in [0.25, 0.3) is 5.91 Å². The first-order chi connectivity index (χ1) is 13.5. The summed E-state index contributed by atoms with van der Waals surface area (Å²) in [6.07, 6.45) is 2.25.